The zero-order valence-corrected chi connectivity index (χ0v) is 18.6. The molecule has 1 aromatic heterocycles. The number of fused-ring (bicyclic) bond motifs is 1. The zero-order valence-electron chi connectivity index (χ0n) is 17.9. The molecule has 0 aliphatic carbocycles. The van der Waals surface area contributed by atoms with E-state index in [0.717, 1.165) is 11.1 Å². The number of hydrogen-bond donors (Lipinski definition) is 2. The Morgan fingerprint density at radius 1 is 0.758 bits per heavy atom. The first-order valence-corrected chi connectivity index (χ1v) is 11.1. The van der Waals surface area contributed by atoms with Gasteiger partial charge in [0.2, 0.25) is 11.7 Å². The van der Waals surface area contributed by atoms with Crippen molar-refractivity contribution in [2.45, 2.75) is 12.3 Å². The van der Waals surface area contributed by atoms with Gasteiger partial charge in [0.15, 0.2) is 0 Å². The maximum absolute atomic E-state index is 13.0. The van der Waals surface area contributed by atoms with E-state index >= 15 is 0 Å². The van der Waals surface area contributed by atoms with Crippen molar-refractivity contribution >= 4 is 34.3 Å². The molecule has 0 aliphatic heterocycles. The lowest BCUT2D eigenvalue weighted by Gasteiger charge is -2.18. The number of carbonyl (C=O) groups is 2. The van der Waals surface area contributed by atoms with Crippen LogP contribution in [0.1, 0.15) is 34.1 Å². The lowest BCUT2D eigenvalue weighted by molar-refractivity contribution is -0.121. The van der Waals surface area contributed by atoms with Crippen LogP contribution in [0.15, 0.2) is 84.9 Å². The molecule has 0 fully saturated rings. The molecule has 33 heavy (non-hydrogen) atoms. The summed E-state index contributed by atoms with van der Waals surface area (Å²) in [7, 11) is 0. The Balaban J connectivity index is 1.32. The quantitative estimate of drug-likeness (QED) is 0.303. The van der Waals surface area contributed by atoms with Gasteiger partial charge in [-0.3, -0.25) is 9.59 Å². The van der Waals surface area contributed by atoms with E-state index in [4.69, 9.17) is 11.6 Å². The van der Waals surface area contributed by atoms with Crippen molar-refractivity contribution in [1.82, 2.24) is 20.6 Å². The van der Waals surface area contributed by atoms with Crippen molar-refractivity contribution in [1.29, 1.82) is 0 Å². The van der Waals surface area contributed by atoms with Crippen LogP contribution in [0.2, 0.25) is 5.15 Å². The summed E-state index contributed by atoms with van der Waals surface area (Å²) in [5.41, 5.74) is 2.47. The number of halogens is 1. The molecule has 0 radical (unpaired) electrons. The topological polar surface area (TPSA) is 84.0 Å². The fourth-order valence-corrected chi connectivity index (χ4v) is 3.85. The smallest absolute Gasteiger partial charge is 0.289 e. The largest absolute Gasteiger partial charge is 0.355 e. The summed E-state index contributed by atoms with van der Waals surface area (Å²) in [6, 6.07) is 26.6. The molecule has 2 amide bonds. The number of benzene rings is 3. The fourth-order valence-electron chi connectivity index (χ4n) is 3.61. The van der Waals surface area contributed by atoms with E-state index in [-0.39, 0.29) is 16.9 Å². The second-order valence-corrected chi connectivity index (χ2v) is 7.87. The maximum atomic E-state index is 13.0. The molecular formula is C26H23ClN4O2. The first-order valence-electron chi connectivity index (χ1n) is 10.7. The van der Waals surface area contributed by atoms with E-state index in [0.29, 0.717) is 30.4 Å². The molecule has 3 aromatic carbocycles. The summed E-state index contributed by atoms with van der Waals surface area (Å²) in [6.45, 7) is 0.795. The number of rotatable bonds is 8. The summed E-state index contributed by atoms with van der Waals surface area (Å²) in [4.78, 5) is 33.8. The Bertz CT molecular complexity index is 1210. The lowest BCUT2D eigenvalue weighted by atomic mass is 9.90. The third-order valence-corrected chi connectivity index (χ3v) is 5.51. The summed E-state index contributed by atoms with van der Waals surface area (Å²) in [5, 5.41) is 6.71. The molecule has 4 rings (SSSR count). The number of aromatic nitrogens is 2. The third kappa shape index (κ3) is 5.54. The average Bonchev–Trinajstić information content (AvgIpc) is 2.85. The van der Waals surface area contributed by atoms with E-state index in [1.165, 1.54) is 0 Å². The molecule has 0 aliphatic rings. The first kappa shape index (κ1) is 22.4. The van der Waals surface area contributed by atoms with Crippen LogP contribution in [0, 0.1) is 0 Å². The Morgan fingerprint density at radius 2 is 1.33 bits per heavy atom. The van der Waals surface area contributed by atoms with Gasteiger partial charge in [0.25, 0.3) is 5.91 Å². The molecule has 0 saturated heterocycles. The predicted octanol–water partition coefficient (Wildman–Crippen LogP) is 4.35. The SMILES string of the molecule is O=C(NCCCNC(=O)C(c1ccccc1)c1ccccc1)c1nc(Cl)c2ccccc2n1. The van der Waals surface area contributed by atoms with Crippen molar-refractivity contribution in [3.05, 3.63) is 107 Å². The molecular weight excluding hydrogens is 436 g/mol. The normalized spacial score (nSPS) is 10.8. The number of amides is 2. The van der Waals surface area contributed by atoms with Gasteiger partial charge >= 0.3 is 0 Å². The zero-order chi connectivity index (χ0) is 23.0. The third-order valence-electron chi connectivity index (χ3n) is 5.23. The Morgan fingerprint density at radius 3 is 2.00 bits per heavy atom. The van der Waals surface area contributed by atoms with E-state index in [1.807, 2.05) is 72.8 Å². The lowest BCUT2D eigenvalue weighted by Crippen LogP contribution is -2.33. The predicted molar refractivity (Wildman–Crippen MR) is 129 cm³/mol. The summed E-state index contributed by atoms with van der Waals surface area (Å²) in [6.07, 6.45) is 0.565. The monoisotopic (exact) mass is 458 g/mol. The Labute approximate surface area is 197 Å². The highest BCUT2D eigenvalue weighted by atomic mass is 35.5. The van der Waals surface area contributed by atoms with Gasteiger partial charge in [-0.05, 0) is 29.7 Å². The molecule has 0 spiro atoms. The van der Waals surface area contributed by atoms with E-state index in [2.05, 4.69) is 20.6 Å². The molecule has 7 heteroatoms. The molecule has 1 heterocycles. The van der Waals surface area contributed by atoms with Crippen LogP contribution >= 0.6 is 11.6 Å². The minimum Gasteiger partial charge on any atom is -0.355 e. The van der Waals surface area contributed by atoms with Gasteiger partial charge in [-0.1, -0.05) is 84.4 Å². The molecule has 166 valence electrons. The van der Waals surface area contributed by atoms with Crippen molar-refractivity contribution in [3.8, 4) is 0 Å². The second kappa shape index (κ2) is 10.7. The van der Waals surface area contributed by atoms with Gasteiger partial charge in [0.05, 0.1) is 11.4 Å². The van der Waals surface area contributed by atoms with Crippen LogP contribution in [-0.4, -0.2) is 34.9 Å². The molecule has 0 atom stereocenters. The first-order chi connectivity index (χ1) is 16.1. The van der Waals surface area contributed by atoms with E-state index < -0.39 is 11.8 Å². The van der Waals surface area contributed by atoms with Crippen LogP contribution in [0.4, 0.5) is 0 Å². The van der Waals surface area contributed by atoms with Gasteiger partial charge in [-0.2, -0.15) is 0 Å². The highest BCUT2D eigenvalue weighted by Crippen LogP contribution is 2.24. The van der Waals surface area contributed by atoms with Crippen molar-refractivity contribution < 1.29 is 9.59 Å². The van der Waals surface area contributed by atoms with Crippen LogP contribution in [-0.2, 0) is 4.79 Å². The van der Waals surface area contributed by atoms with Crippen molar-refractivity contribution in [3.63, 3.8) is 0 Å². The van der Waals surface area contributed by atoms with Crippen molar-refractivity contribution in [2.75, 3.05) is 13.1 Å². The van der Waals surface area contributed by atoms with Gasteiger partial charge < -0.3 is 10.6 Å². The number of hydrogen-bond acceptors (Lipinski definition) is 4. The minimum absolute atomic E-state index is 0.0240. The number of carbonyl (C=O) groups excluding carboxylic acids is 2. The number of para-hydroxylation sites is 1. The number of nitrogens with one attached hydrogen (secondary N) is 2. The van der Waals surface area contributed by atoms with Crippen LogP contribution in [0.25, 0.3) is 10.9 Å². The fraction of sp³-hybridized carbons (Fsp3) is 0.154. The van der Waals surface area contributed by atoms with Crippen LogP contribution in [0.3, 0.4) is 0 Å². The van der Waals surface area contributed by atoms with Crippen molar-refractivity contribution in [2.24, 2.45) is 0 Å². The van der Waals surface area contributed by atoms with Gasteiger partial charge in [-0.15, -0.1) is 0 Å². The standard InChI is InChI=1S/C26H23ClN4O2/c27-23-20-14-7-8-15-21(20)30-24(31-23)26(33)29-17-9-16-28-25(32)22(18-10-3-1-4-11-18)19-12-5-2-6-13-19/h1-8,10-15,22H,9,16-17H2,(H,28,32)(H,29,33). The van der Waals surface area contributed by atoms with Gasteiger partial charge in [-0.25, -0.2) is 9.97 Å². The van der Waals surface area contributed by atoms with E-state index in [9.17, 15) is 9.59 Å². The van der Waals surface area contributed by atoms with Crippen LogP contribution < -0.4 is 10.6 Å². The van der Waals surface area contributed by atoms with Crippen LogP contribution in [0.5, 0.6) is 0 Å². The molecule has 0 saturated carbocycles. The second-order valence-electron chi connectivity index (χ2n) is 7.51. The van der Waals surface area contributed by atoms with E-state index in [1.54, 1.807) is 12.1 Å². The summed E-state index contributed by atoms with van der Waals surface area (Å²) < 4.78 is 0. The highest BCUT2D eigenvalue weighted by Gasteiger charge is 2.22. The Hall–Kier alpha value is -3.77. The Kier molecular flexibility index (Phi) is 7.27. The molecule has 0 bridgehead atoms. The van der Waals surface area contributed by atoms with Gasteiger partial charge in [0.1, 0.15) is 5.15 Å². The maximum Gasteiger partial charge on any atom is 0.289 e. The molecule has 6 nitrogen and oxygen atoms in total. The number of nitrogens with zero attached hydrogens (tertiary/aromatic N) is 2. The van der Waals surface area contributed by atoms with Gasteiger partial charge in [0, 0.05) is 18.5 Å². The molecule has 4 aromatic rings. The summed E-state index contributed by atoms with van der Waals surface area (Å²) >= 11 is 6.18. The highest BCUT2D eigenvalue weighted by molar-refractivity contribution is 6.34. The average molecular weight is 459 g/mol. The minimum atomic E-state index is -0.402. The summed E-state index contributed by atoms with van der Waals surface area (Å²) in [5.74, 6) is -0.852. The molecule has 0 unspecified atom stereocenters. The molecule has 2 N–H and O–H groups in total.